The second-order valence-electron chi connectivity index (χ2n) is 6.44. The number of aromatic nitrogens is 1. The number of hydrogen-bond acceptors (Lipinski definition) is 5. The molecule has 1 aromatic heterocycles. The number of hydrogen-bond donors (Lipinski definition) is 2. The van der Waals surface area contributed by atoms with Crippen LogP contribution in [-0.2, 0) is 24.4 Å². The lowest BCUT2D eigenvalue weighted by Gasteiger charge is -2.08. The first-order chi connectivity index (χ1) is 13.8. The van der Waals surface area contributed by atoms with Gasteiger partial charge in [-0.2, -0.15) is 0 Å². The van der Waals surface area contributed by atoms with Crippen LogP contribution >= 0.6 is 0 Å². The molecule has 0 fully saturated rings. The van der Waals surface area contributed by atoms with Gasteiger partial charge in [-0.3, -0.25) is 19.7 Å². The summed E-state index contributed by atoms with van der Waals surface area (Å²) in [6.45, 7) is 1.36. The lowest BCUT2D eigenvalue weighted by molar-refractivity contribution is -0.123. The summed E-state index contributed by atoms with van der Waals surface area (Å²) in [4.78, 5) is 34.8. The van der Waals surface area contributed by atoms with E-state index in [-0.39, 0.29) is 16.4 Å². The quantitative estimate of drug-likeness (QED) is 0.639. The van der Waals surface area contributed by atoms with Crippen molar-refractivity contribution in [3.05, 3.63) is 66.4 Å². The van der Waals surface area contributed by atoms with E-state index in [1.807, 2.05) is 0 Å². The average molecular weight is 409 g/mol. The zero-order chi connectivity index (χ0) is 20.8. The number of imide groups is 1. The first-order valence-corrected chi connectivity index (χ1v) is 10.0. The number of carbonyl (C=O) groups excluding carboxylic acids is 3. The van der Waals surface area contributed by atoms with E-state index in [0.717, 1.165) is 10.0 Å². The largest absolute Gasteiger partial charge is 0.326 e. The van der Waals surface area contributed by atoms with E-state index in [0.29, 0.717) is 22.2 Å². The monoisotopic (exact) mass is 409 g/mol. The van der Waals surface area contributed by atoms with E-state index in [9.17, 15) is 22.8 Å². The molecule has 0 saturated heterocycles. The first kappa shape index (κ1) is 18.6. The summed E-state index contributed by atoms with van der Waals surface area (Å²) in [5, 5.41) is 5.28. The second-order valence-corrected chi connectivity index (χ2v) is 8.26. The van der Waals surface area contributed by atoms with Gasteiger partial charge in [0, 0.05) is 35.8 Å². The highest BCUT2D eigenvalue weighted by Crippen LogP contribution is 2.31. The number of benzene rings is 2. The van der Waals surface area contributed by atoms with Gasteiger partial charge in [-0.25, -0.2) is 12.4 Å². The van der Waals surface area contributed by atoms with Gasteiger partial charge < -0.3 is 5.32 Å². The fourth-order valence-corrected chi connectivity index (χ4v) is 4.57. The van der Waals surface area contributed by atoms with Crippen molar-refractivity contribution >= 4 is 49.9 Å². The Morgan fingerprint density at radius 2 is 1.72 bits per heavy atom. The van der Waals surface area contributed by atoms with Crippen LogP contribution in [0.5, 0.6) is 0 Å². The van der Waals surface area contributed by atoms with E-state index in [2.05, 4.69) is 10.6 Å². The van der Waals surface area contributed by atoms with Crippen LogP contribution in [0.2, 0.25) is 0 Å². The van der Waals surface area contributed by atoms with Gasteiger partial charge in [0.15, 0.2) is 0 Å². The fraction of sp³-hybridized carbons (Fsp3) is 0.0500. The van der Waals surface area contributed by atoms with Crippen LogP contribution in [0.4, 0.5) is 5.69 Å². The Balaban J connectivity index is 1.86. The predicted octanol–water partition coefficient (Wildman–Crippen LogP) is 1.88. The second kappa shape index (κ2) is 6.71. The third kappa shape index (κ3) is 3.21. The molecule has 8 nitrogen and oxygen atoms in total. The summed E-state index contributed by atoms with van der Waals surface area (Å²) in [5.41, 5.74) is 1.31. The molecule has 0 aliphatic carbocycles. The van der Waals surface area contributed by atoms with E-state index in [1.165, 1.54) is 37.4 Å². The van der Waals surface area contributed by atoms with Crippen molar-refractivity contribution < 1.29 is 22.8 Å². The molecule has 0 bridgehead atoms. The molecule has 0 spiro atoms. The van der Waals surface area contributed by atoms with E-state index in [1.54, 1.807) is 24.3 Å². The number of anilines is 1. The smallest absolute Gasteiger partial charge is 0.268 e. The van der Waals surface area contributed by atoms with Gasteiger partial charge in [0.1, 0.15) is 0 Å². The van der Waals surface area contributed by atoms with E-state index in [4.69, 9.17) is 0 Å². The number of para-hydroxylation sites is 1. The molecule has 3 amide bonds. The first-order valence-electron chi connectivity index (χ1n) is 8.58. The van der Waals surface area contributed by atoms with Crippen molar-refractivity contribution in [3.63, 3.8) is 0 Å². The topological polar surface area (TPSA) is 114 Å². The van der Waals surface area contributed by atoms with Gasteiger partial charge >= 0.3 is 0 Å². The van der Waals surface area contributed by atoms with Crippen LogP contribution in [0.1, 0.15) is 12.5 Å². The maximum Gasteiger partial charge on any atom is 0.268 e. The summed E-state index contributed by atoms with van der Waals surface area (Å²) >= 11 is 0. The molecule has 0 radical (unpaired) electrons. The third-order valence-electron chi connectivity index (χ3n) is 4.46. The number of nitrogens with zero attached hydrogens (tertiary/aromatic N) is 1. The van der Waals surface area contributed by atoms with Crippen molar-refractivity contribution in [1.82, 2.24) is 9.29 Å². The Hall–Kier alpha value is -3.72. The van der Waals surface area contributed by atoms with Crippen molar-refractivity contribution in [2.24, 2.45) is 0 Å². The molecule has 0 unspecified atom stereocenters. The minimum Gasteiger partial charge on any atom is -0.326 e. The van der Waals surface area contributed by atoms with Crippen LogP contribution in [0.15, 0.2) is 65.7 Å². The van der Waals surface area contributed by atoms with Crippen molar-refractivity contribution in [2.45, 2.75) is 11.8 Å². The molecule has 2 aromatic carbocycles. The molecule has 3 aromatic rings. The SMILES string of the molecule is CC(=O)Nc1ccc(S(=O)(=O)n2cc(C3=CC(=O)NC3=O)c3ccccc32)cc1. The van der Waals surface area contributed by atoms with Crippen molar-refractivity contribution in [2.75, 3.05) is 5.32 Å². The molecule has 1 aliphatic rings. The summed E-state index contributed by atoms with van der Waals surface area (Å²) in [6.07, 6.45) is 2.50. The number of amides is 3. The molecule has 29 heavy (non-hydrogen) atoms. The van der Waals surface area contributed by atoms with Gasteiger partial charge in [0.2, 0.25) is 5.91 Å². The highest BCUT2D eigenvalue weighted by Gasteiger charge is 2.28. The highest BCUT2D eigenvalue weighted by molar-refractivity contribution is 7.90. The van der Waals surface area contributed by atoms with Gasteiger partial charge in [0.05, 0.1) is 16.0 Å². The average Bonchev–Trinajstić information content (AvgIpc) is 3.21. The number of carbonyl (C=O) groups is 3. The minimum atomic E-state index is -3.99. The van der Waals surface area contributed by atoms with Crippen LogP contribution in [-0.4, -0.2) is 30.1 Å². The number of fused-ring (bicyclic) bond motifs is 1. The fourth-order valence-electron chi connectivity index (χ4n) is 3.20. The normalized spacial score (nSPS) is 14.0. The Morgan fingerprint density at radius 3 is 2.34 bits per heavy atom. The summed E-state index contributed by atoms with van der Waals surface area (Å²) < 4.78 is 27.6. The summed E-state index contributed by atoms with van der Waals surface area (Å²) in [6, 6.07) is 12.5. The number of rotatable bonds is 4. The number of nitrogens with one attached hydrogen (secondary N) is 2. The predicted molar refractivity (Wildman–Crippen MR) is 106 cm³/mol. The van der Waals surface area contributed by atoms with Crippen molar-refractivity contribution in [1.29, 1.82) is 0 Å². The van der Waals surface area contributed by atoms with Gasteiger partial charge in [0.25, 0.3) is 21.8 Å². The molecule has 4 rings (SSSR count). The Bertz CT molecular complexity index is 1320. The molecule has 2 heterocycles. The maximum absolute atomic E-state index is 13.2. The third-order valence-corrected chi connectivity index (χ3v) is 6.14. The van der Waals surface area contributed by atoms with Crippen LogP contribution in [0.3, 0.4) is 0 Å². The maximum atomic E-state index is 13.2. The van der Waals surface area contributed by atoms with Crippen molar-refractivity contribution in [3.8, 4) is 0 Å². The zero-order valence-electron chi connectivity index (χ0n) is 15.2. The van der Waals surface area contributed by atoms with Gasteiger partial charge in [-0.1, -0.05) is 18.2 Å². The van der Waals surface area contributed by atoms with E-state index >= 15 is 0 Å². The molecule has 146 valence electrons. The van der Waals surface area contributed by atoms with Crippen LogP contribution < -0.4 is 10.6 Å². The summed E-state index contributed by atoms with van der Waals surface area (Å²) in [5.74, 6) is -1.38. The lowest BCUT2D eigenvalue weighted by atomic mass is 10.1. The Labute approximate surface area is 165 Å². The van der Waals surface area contributed by atoms with Crippen LogP contribution in [0.25, 0.3) is 16.5 Å². The van der Waals surface area contributed by atoms with Gasteiger partial charge in [-0.05, 0) is 30.3 Å². The molecule has 2 N–H and O–H groups in total. The van der Waals surface area contributed by atoms with E-state index < -0.39 is 21.8 Å². The molecule has 0 atom stereocenters. The highest BCUT2D eigenvalue weighted by atomic mass is 32.2. The Morgan fingerprint density at radius 1 is 1.03 bits per heavy atom. The van der Waals surface area contributed by atoms with Crippen LogP contribution in [0, 0.1) is 0 Å². The van der Waals surface area contributed by atoms with Gasteiger partial charge in [-0.15, -0.1) is 0 Å². The standard InChI is InChI=1S/C20H15N3O5S/c1-12(24)21-13-6-8-14(9-7-13)29(27,28)23-11-17(15-4-2-3-5-18(15)23)16-10-19(25)22-20(16)26/h2-11H,1H3,(H,21,24)(H,22,25,26). The molecular weight excluding hydrogens is 394 g/mol. The Kier molecular flexibility index (Phi) is 4.31. The lowest BCUT2D eigenvalue weighted by Crippen LogP contribution is -2.21. The molecular formula is C20H15N3O5S. The minimum absolute atomic E-state index is 0.0137. The zero-order valence-corrected chi connectivity index (χ0v) is 16.0. The molecule has 0 saturated carbocycles. The summed E-state index contributed by atoms with van der Waals surface area (Å²) in [7, 11) is -3.99. The molecule has 9 heteroatoms. The molecule has 1 aliphatic heterocycles.